The zero-order valence-electron chi connectivity index (χ0n) is 11.2. The van der Waals surface area contributed by atoms with Crippen LogP contribution in [0.25, 0.3) is 5.76 Å². The number of carbonyl (C=O) groups excluding carboxylic acids is 2. The second-order valence-electron chi connectivity index (χ2n) is 4.33. The van der Waals surface area contributed by atoms with E-state index >= 15 is 0 Å². The molecule has 0 radical (unpaired) electrons. The molecule has 8 heteroatoms. The Labute approximate surface area is 123 Å². The van der Waals surface area contributed by atoms with Gasteiger partial charge in [0.05, 0.1) is 17.7 Å². The summed E-state index contributed by atoms with van der Waals surface area (Å²) in [5.41, 5.74) is -2.33. The summed E-state index contributed by atoms with van der Waals surface area (Å²) in [7, 11) is 0. The summed E-state index contributed by atoms with van der Waals surface area (Å²) in [6.07, 6.45) is 0. The summed E-state index contributed by atoms with van der Waals surface area (Å²) in [6, 6.07) is 1.67. The highest BCUT2D eigenvalue weighted by Crippen LogP contribution is 2.34. The van der Waals surface area contributed by atoms with E-state index in [2.05, 4.69) is 4.74 Å². The van der Waals surface area contributed by atoms with Crippen molar-refractivity contribution >= 4 is 29.5 Å². The third-order valence-electron chi connectivity index (χ3n) is 3.06. The normalized spacial score (nSPS) is 13.0. The molecule has 0 saturated heterocycles. The molecule has 1 aromatic carbocycles. The van der Waals surface area contributed by atoms with Crippen LogP contribution in [0, 0.1) is 0 Å². The second-order valence-corrected chi connectivity index (χ2v) is 4.33. The molecule has 0 saturated carbocycles. The number of rotatable bonds is 4. The molecule has 0 spiro atoms. The summed E-state index contributed by atoms with van der Waals surface area (Å²) in [5, 5.41) is 28.0. The SMILES string of the molecule is CCOC(=O)C1=C(O)c2cc(C(=O)O)c(C(=O)O)cc2C1=O. The van der Waals surface area contributed by atoms with Crippen LogP contribution in [0.4, 0.5) is 0 Å². The molecule has 22 heavy (non-hydrogen) atoms. The average molecular weight is 306 g/mol. The topological polar surface area (TPSA) is 138 Å². The molecule has 0 amide bonds. The van der Waals surface area contributed by atoms with Gasteiger partial charge in [0.15, 0.2) is 0 Å². The van der Waals surface area contributed by atoms with Gasteiger partial charge in [-0.05, 0) is 19.1 Å². The number of carbonyl (C=O) groups is 4. The zero-order chi connectivity index (χ0) is 16.6. The standard InChI is InChI=1S/C14H10O8/c1-2-22-14(21)9-10(15)5-3-7(12(17)18)8(13(19)20)4-6(5)11(9)16/h3-4,15H,2H2,1H3,(H,17,18)(H,19,20). The van der Waals surface area contributed by atoms with Crippen molar-refractivity contribution in [3.63, 3.8) is 0 Å². The van der Waals surface area contributed by atoms with E-state index in [0.29, 0.717) is 0 Å². The number of aliphatic hydroxyl groups excluding tert-OH is 1. The molecule has 8 nitrogen and oxygen atoms in total. The summed E-state index contributed by atoms with van der Waals surface area (Å²) < 4.78 is 4.64. The number of carboxylic acid groups (broad SMARTS) is 2. The Bertz CT molecular complexity index is 756. The predicted molar refractivity (Wildman–Crippen MR) is 70.9 cm³/mol. The minimum Gasteiger partial charge on any atom is -0.506 e. The molecule has 0 unspecified atom stereocenters. The van der Waals surface area contributed by atoms with Crippen molar-refractivity contribution in [2.24, 2.45) is 0 Å². The van der Waals surface area contributed by atoms with Crippen molar-refractivity contribution in [3.8, 4) is 0 Å². The van der Waals surface area contributed by atoms with E-state index in [9.17, 15) is 24.3 Å². The monoisotopic (exact) mass is 306 g/mol. The Hall–Kier alpha value is -3.16. The smallest absolute Gasteiger partial charge is 0.345 e. The van der Waals surface area contributed by atoms with Crippen LogP contribution in [0.2, 0.25) is 0 Å². The molecule has 0 atom stereocenters. The van der Waals surface area contributed by atoms with Gasteiger partial charge in [-0.2, -0.15) is 0 Å². The number of hydrogen-bond acceptors (Lipinski definition) is 6. The van der Waals surface area contributed by atoms with E-state index in [4.69, 9.17) is 10.2 Å². The fraction of sp³-hybridized carbons (Fsp3) is 0.143. The van der Waals surface area contributed by atoms with E-state index in [1.54, 1.807) is 0 Å². The zero-order valence-corrected chi connectivity index (χ0v) is 11.2. The van der Waals surface area contributed by atoms with Crippen LogP contribution in [0.5, 0.6) is 0 Å². The lowest BCUT2D eigenvalue weighted by atomic mass is 9.98. The first kappa shape index (κ1) is 15.2. The lowest BCUT2D eigenvalue weighted by Gasteiger charge is -2.05. The van der Waals surface area contributed by atoms with Crippen molar-refractivity contribution in [1.82, 2.24) is 0 Å². The quantitative estimate of drug-likeness (QED) is 0.555. The fourth-order valence-corrected chi connectivity index (χ4v) is 2.11. The largest absolute Gasteiger partial charge is 0.506 e. The molecule has 0 fully saturated rings. The van der Waals surface area contributed by atoms with Gasteiger partial charge >= 0.3 is 17.9 Å². The van der Waals surface area contributed by atoms with E-state index in [1.165, 1.54) is 6.92 Å². The molecule has 1 aliphatic rings. The number of aromatic carboxylic acids is 2. The number of carboxylic acids is 2. The first-order valence-corrected chi connectivity index (χ1v) is 6.09. The first-order chi connectivity index (χ1) is 10.3. The fourth-order valence-electron chi connectivity index (χ4n) is 2.11. The maximum Gasteiger partial charge on any atom is 0.345 e. The van der Waals surface area contributed by atoms with Gasteiger partial charge in [-0.3, -0.25) is 4.79 Å². The van der Waals surface area contributed by atoms with Crippen molar-refractivity contribution < 1.29 is 39.2 Å². The molecule has 1 aliphatic carbocycles. The highest BCUT2D eigenvalue weighted by molar-refractivity contribution is 6.33. The van der Waals surface area contributed by atoms with E-state index in [1.807, 2.05) is 0 Å². The minimum absolute atomic E-state index is 0.0278. The van der Waals surface area contributed by atoms with E-state index < -0.39 is 46.2 Å². The van der Waals surface area contributed by atoms with Gasteiger partial charge in [0.2, 0.25) is 5.78 Å². The number of hydrogen-bond donors (Lipinski definition) is 3. The molecule has 0 bridgehead atoms. The maximum atomic E-state index is 12.1. The summed E-state index contributed by atoms with van der Waals surface area (Å²) in [6.45, 7) is 1.48. The Kier molecular flexibility index (Phi) is 3.68. The third kappa shape index (κ3) is 2.20. The predicted octanol–water partition coefficient (Wildman–Crippen LogP) is 1.11. The minimum atomic E-state index is -1.54. The van der Waals surface area contributed by atoms with Gasteiger partial charge < -0.3 is 20.1 Å². The summed E-state index contributed by atoms with van der Waals surface area (Å²) >= 11 is 0. The molecule has 0 aliphatic heterocycles. The van der Waals surface area contributed by atoms with Crippen molar-refractivity contribution in [3.05, 3.63) is 40.0 Å². The number of Topliss-reactive ketones (excluding diaryl/α,β-unsaturated/α-hetero) is 1. The molecule has 3 N–H and O–H groups in total. The van der Waals surface area contributed by atoms with Gasteiger partial charge in [-0.1, -0.05) is 0 Å². The molecule has 0 aromatic heterocycles. The molecular formula is C14H10O8. The Balaban J connectivity index is 2.67. The lowest BCUT2D eigenvalue weighted by molar-refractivity contribution is -0.138. The number of ether oxygens (including phenoxy) is 1. The van der Waals surface area contributed by atoms with Crippen molar-refractivity contribution in [1.29, 1.82) is 0 Å². The van der Waals surface area contributed by atoms with Crippen LogP contribution < -0.4 is 0 Å². The second kappa shape index (κ2) is 5.32. The summed E-state index contributed by atoms with van der Waals surface area (Å²) in [5.74, 6) is -5.78. The van der Waals surface area contributed by atoms with Crippen LogP contribution in [-0.4, -0.2) is 45.6 Å². The van der Waals surface area contributed by atoms with Gasteiger partial charge in [0, 0.05) is 11.1 Å². The van der Waals surface area contributed by atoms with Crippen molar-refractivity contribution in [2.75, 3.05) is 6.61 Å². The number of esters is 1. The number of aliphatic hydroxyl groups is 1. The van der Waals surface area contributed by atoms with Crippen LogP contribution in [0.1, 0.15) is 43.6 Å². The van der Waals surface area contributed by atoms with Gasteiger partial charge in [-0.15, -0.1) is 0 Å². The van der Waals surface area contributed by atoms with Crippen LogP contribution in [-0.2, 0) is 9.53 Å². The van der Waals surface area contributed by atoms with Crippen LogP contribution in [0.3, 0.4) is 0 Å². The lowest BCUT2D eigenvalue weighted by Crippen LogP contribution is -2.14. The Morgan fingerprint density at radius 2 is 1.55 bits per heavy atom. The van der Waals surface area contributed by atoms with E-state index in [-0.39, 0.29) is 17.7 Å². The highest BCUT2D eigenvalue weighted by atomic mass is 16.5. The highest BCUT2D eigenvalue weighted by Gasteiger charge is 2.37. The molecular weight excluding hydrogens is 296 g/mol. The van der Waals surface area contributed by atoms with Crippen LogP contribution in [0.15, 0.2) is 17.7 Å². The molecule has 1 aromatic rings. The van der Waals surface area contributed by atoms with E-state index in [0.717, 1.165) is 12.1 Å². The number of benzene rings is 1. The van der Waals surface area contributed by atoms with Gasteiger partial charge in [-0.25, -0.2) is 14.4 Å². The van der Waals surface area contributed by atoms with Crippen molar-refractivity contribution in [2.45, 2.75) is 6.92 Å². The van der Waals surface area contributed by atoms with Crippen LogP contribution >= 0.6 is 0 Å². The molecule has 114 valence electrons. The first-order valence-electron chi connectivity index (χ1n) is 6.09. The Morgan fingerprint density at radius 3 is 2.00 bits per heavy atom. The van der Waals surface area contributed by atoms with Gasteiger partial charge in [0.25, 0.3) is 0 Å². The summed E-state index contributed by atoms with van der Waals surface area (Å²) in [4.78, 5) is 46.0. The molecule has 2 rings (SSSR count). The number of fused-ring (bicyclic) bond motifs is 1. The maximum absolute atomic E-state index is 12.1. The number of ketones is 1. The third-order valence-corrected chi connectivity index (χ3v) is 3.06. The molecule has 0 heterocycles. The van der Waals surface area contributed by atoms with Gasteiger partial charge in [0.1, 0.15) is 11.3 Å². The average Bonchev–Trinajstić information content (AvgIpc) is 2.69. The Morgan fingerprint density at radius 1 is 1.05 bits per heavy atom.